The summed E-state index contributed by atoms with van der Waals surface area (Å²) in [5, 5.41) is 0. The molecule has 0 heteroatoms. The zero-order valence-electron chi connectivity index (χ0n) is 19.9. The van der Waals surface area contributed by atoms with Crippen molar-refractivity contribution in [2.45, 2.75) is 95.4 Å². The molecule has 27 heavy (non-hydrogen) atoms. The zero-order chi connectivity index (χ0) is 20.8. The number of hydrogen-bond acceptors (Lipinski definition) is 0. The van der Waals surface area contributed by atoms with Crippen LogP contribution in [0, 0.1) is 68.2 Å². The summed E-state index contributed by atoms with van der Waals surface area (Å²) in [5.41, 5.74) is 17.7. The molecule has 0 saturated heterocycles. The van der Waals surface area contributed by atoms with E-state index in [1.54, 1.807) is 5.56 Å². The van der Waals surface area contributed by atoms with Crippen LogP contribution in [0.1, 0.15) is 88.7 Å². The van der Waals surface area contributed by atoms with Crippen LogP contribution >= 0.6 is 0 Å². The molecular formula is C27H40. The third kappa shape index (κ3) is 3.37. The molecular weight excluding hydrogens is 324 g/mol. The summed E-state index contributed by atoms with van der Waals surface area (Å²) in [6.45, 7) is 28.0. The van der Waals surface area contributed by atoms with Crippen molar-refractivity contribution >= 4 is 0 Å². The minimum Gasteiger partial charge on any atom is -0.0651 e. The van der Waals surface area contributed by atoms with Gasteiger partial charge in [0.25, 0.3) is 0 Å². The lowest BCUT2D eigenvalue weighted by Gasteiger charge is -2.30. The highest BCUT2D eigenvalue weighted by atomic mass is 14.3. The molecule has 0 aliphatic carbocycles. The highest BCUT2D eigenvalue weighted by Crippen LogP contribution is 2.45. The van der Waals surface area contributed by atoms with Gasteiger partial charge in [-0.25, -0.2) is 0 Å². The van der Waals surface area contributed by atoms with Crippen molar-refractivity contribution in [3.8, 4) is 11.1 Å². The first kappa shape index (κ1) is 21.7. The van der Waals surface area contributed by atoms with Gasteiger partial charge in [-0.05, 0) is 141 Å². The topological polar surface area (TPSA) is 0 Å². The van der Waals surface area contributed by atoms with Crippen LogP contribution in [0.3, 0.4) is 0 Å². The zero-order valence-corrected chi connectivity index (χ0v) is 19.9. The summed E-state index contributed by atoms with van der Waals surface area (Å²) in [6.07, 6.45) is 1.22. The highest BCUT2D eigenvalue weighted by Gasteiger charge is 2.26. The average molecular weight is 365 g/mol. The van der Waals surface area contributed by atoms with Crippen molar-refractivity contribution in [1.29, 1.82) is 0 Å². The van der Waals surface area contributed by atoms with Gasteiger partial charge >= 0.3 is 0 Å². The summed E-state index contributed by atoms with van der Waals surface area (Å²) in [4.78, 5) is 0. The summed E-state index contributed by atoms with van der Waals surface area (Å²) in [7, 11) is 0. The smallest absolute Gasteiger partial charge is 0.0109 e. The fourth-order valence-electron chi connectivity index (χ4n) is 4.75. The predicted octanol–water partition coefficient (Wildman–Crippen LogP) is 8.28. The second-order valence-electron chi connectivity index (χ2n) is 8.96. The Morgan fingerprint density at radius 1 is 0.481 bits per heavy atom. The van der Waals surface area contributed by atoms with Gasteiger partial charge in [0.15, 0.2) is 0 Å². The molecule has 2 rings (SSSR count). The van der Waals surface area contributed by atoms with Gasteiger partial charge in [0, 0.05) is 0 Å². The summed E-state index contributed by atoms with van der Waals surface area (Å²) >= 11 is 0. The van der Waals surface area contributed by atoms with Gasteiger partial charge in [-0.15, -0.1) is 0 Å². The maximum Gasteiger partial charge on any atom is -0.0109 e. The molecule has 0 nitrogen and oxygen atoms in total. The van der Waals surface area contributed by atoms with Gasteiger partial charge in [-0.1, -0.05) is 27.2 Å². The Labute approximate surface area is 168 Å². The molecule has 0 aliphatic heterocycles. The molecule has 0 saturated carbocycles. The van der Waals surface area contributed by atoms with Crippen LogP contribution in [0.4, 0.5) is 0 Å². The van der Waals surface area contributed by atoms with Crippen LogP contribution in [0.5, 0.6) is 0 Å². The highest BCUT2D eigenvalue weighted by molar-refractivity contribution is 5.82. The first-order valence-electron chi connectivity index (χ1n) is 10.6. The molecule has 0 heterocycles. The number of hydrogen-bond donors (Lipinski definition) is 0. The molecule has 0 amide bonds. The van der Waals surface area contributed by atoms with E-state index in [0.717, 1.165) is 0 Å². The van der Waals surface area contributed by atoms with E-state index in [-0.39, 0.29) is 0 Å². The molecule has 0 radical (unpaired) electrons. The van der Waals surface area contributed by atoms with Crippen LogP contribution in [-0.4, -0.2) is 0 Å². The van der Waals surface area contributed by atoms with E-state index in [4.69, 9.17) is 0 Å². The van der Waals surface area contributed by atoms with E-state index in [1.807, 2.05) is 0 Å². The van der Waals surface area contributed by atoms with Crippen molar-refractivity contribution in [2.75, 3.05) is 0 Å². The van der Waals surface area contributed by atoms with Crippen molar-refractivity contribution in [2.24, 2.45) is 5.92 Å². The summed E-state index contributed by atoms with van der Waals surface area (Å²) < 4.78 is 0. The molecule has 0 N–H and O–H groups in total. The van der Waals surface area contributed by atoms with Gasteiger partial charge in [0.05, 0.1) is 0 Å². The van der Waals surface area contributed by atoms with Crippen molar-refractivity contribution in [1.82, 2.24) is 0 Å². The minimum absolute atomic E-state index is 0.559. The van der Waals surface area contributed by atoms with E-state index in [1.165, 1.54) is 67.6 Å². The van der Waals surface area contributed by atoms with Gasteiger partial charge < -0.3 is 0 Å². The number of rotatable bonds is 4. The van der Waals surface area contributed by atoms with Crippen molar-refractivity contribution < 1.29 is 0 Å². The van der Waals surface area contributed by atoms with Crippen LogP contribution < -0.4 is 0 Å². The first-order chi connectivity index (χ1) is 12.5. The van der Waals surface area contributed by atoms with Crippen LogP contribution in [0.25, 0.3) is 11.1 Å². The summed E-state index contributed by atoms with van der Waals surface area (Å²) in [6, 6.07) is 0. The predicted molar refractivity (Wildman–Crippen MR) is 122 cm³/mol. The molecule has 2 aromatic carbocycles. The molecule has 0 aromatic heterocycles. The Morgan fingerprint density at radius 2 is 0.815 bits per heavy atom. The van der Waals surface area contributed by atoms with E-state index < -0.39 is 0 Å². The Balaban J connectivity index is 3.07. The normalized spacial score (nSPS) is 13.8. The Morgan fingerprint density at radius 3 is 1.22 bits per heavy atom. The molecule has 0 spiro atoms. The molecule has 2 unspecified atom stereocenters. The van der Waals surface area contributed by atoms with Crippen molar-refractivity contribution in [3.05, 3.63) is 55.6 Å². The molecule has 2 aromatic rings. The lowest BCUT2D eigenvalue weighted by atomic mass is 9.74. The molecule has 148 valence electrons. The molecule has 2 atom stereocenters. The summed E-state index contributed by atoms with van der Waals surface area (Å²) in [5.74, 6) is 1.24. The fraction of sp³-hybridized carbons (Fsp3) is 0.556. The molecule has 0 fully saturated rings. The van der Waals surface area contributed by atoms with Crippen LogP contribution in [0.15, 0.2) is 0 Å². The molecule has 0 aliphatic rings. The second-order valence-corrected chi connectivity index (χ2v) is 8.96. The lowest BCUT2D eigenvalue weighted by Crippen LogP contribution is -2.13. The largest absolute Gasteiger partial charge is 0.0651 e. The van der Waals surface area contributed by atoms with Gasteiger partial charge in [0.2, 0.25) is 0 Å². The Kier molecular flexibility index (Phi) is 6.30. The Bertz CT molecular complexity index is 851. The van der Waals surface area contributed by atoms with Crippen LogP contribution in [-0.2, 0) is 0 Å². The average Bonchev–Trinajstić information content (AvgIpc) is 2.65. The maximum absolute atomic E-state index is 2.44. The van der Waals surface area contributed by atoms with E-state index in [2.05, 4.69) is 83.1 Å². The second kappa shape index (κ2) is 7.82. The monoisotopic (exact) mass is 364 g/mol. The molecule has 0 bridgehead atoms. The van der Waals surface area contributed by atoms with E-state index in [9.17, 15) is 0 Å². The van der Waals surface area contributed by atoms with Crippen LogP contribution in [0.2, 0.25) is 0 Å². The van der Waals surface area contributed by atoms with E-state index >= 15 is 0 Å². The first-order valence-corrected chi connectivity index (χ1v) is 10.6. The Hall–Kier alpha value is -1.56. The van der Waals surface area contributed by atoms with Gasteiger partial charge in [0.1, 0.15) is 0 Å². The van der Waals surface area contributed by atoms with Gasteiger partial charge in [-0.3, -0.25) is 0 Å². The fourth-order valence-corrected chi connectivity index (χ4v) is 4.75. The van der Waals surface area contributed by atoms with E-state index in [0.29, 0.717) is 11.8 Å². The van der Waals surface area contributed by atoms with Crippen molar-refractivity contribution in [3.63, 3.8) is 0 Å². The SMILES string of the molecule is CCC(C)C(C)c1c(C)c(C)c(C)c(C)c1-c1c(C)c(C)c(C)c(C)c1C. The lowest BCUT2D eigenvalue weighted by molar-refractivity contribution is 0.472. The standard InChI is InChI=1S/C27H40/c1-13-14(2)15(3)25-21(9)19(7)20(8)24(12)27(25)26-22(10)17(5)16(4)18(6)23(26)11/h14-15H,13H2,1-12H3. The van der Waals surface area contributed by atoms with Gasteiger partial charge in [-0.2, -0.15) is 0 Å². The third-order valence-electron chi connectivity index (χ3n) is 7.94. The maximum atomic E-state index is 2.44. The minimum atomic E-state index is 0.559. The number of benzene rings is 2. The quantitative estimate of drug-likeness (QED) is 0.512. The third-order valence-corrected chi connectivity index (χ3v) is 7.94.